The van der Waals surface area contributed by atoms with E-state index < -0.39 is 0 Å². The van der Waals surface area contributed by atoms with Crippen LogP contribution in [0.1, 0.15) is 17.5 Å². The van der Waals surface area contributed by atoms with E-state index in [1.54, 1.807) is 6.07 Å². The van der Waals surface area contributed by atoms with Crippen LogP contribution in [0.5, 0.6) is 0 Å². The first-order valence-electron chi connectivity index (χ1n) is 8.41. The number of fused-ring (bicyclic) bond motifs is 5. The highest BCUT2D eigenvalue weighted by molar-refractivity contribution is 6.09. The lowest BCUT2D eigenvalue weighted by Crippen LogP contribution is -1.98. The lowest BCUT2D eigenvalue weighted by molar-refractivity contribution is 0.630. The van der Waals surface area contributed by atoms with Crippen LogP contribution in [-0.4, -0.2) is 4.98 Å². The molecular weight excluding hydrogens is 297 g/mol. The third-order valence-electron chi connectivity index (χ3n) is 5.07. The van der Waals surface area contributed by atoms with Crippen LogP contribution < -0.4 is 0 Å². The zero-order chi connectivity index (χ0) is 16.1. The number of aromatic nitrogens is 1. The van der Waals surface area contributed by atoms with E-state index in [-0.39, 0.29) is 5.82 Å². The third kappa shape index (κ3) is 1.89. The maximum Gasteiger partial charge on any atom is 0.132 e. The quantitative estimate of drug-likeness (QED) is 0.412. The number of aryl methyl sites for hydroxylation is 1. The highest BCUT2D eigenvalue weighted by atomic mass is 19.1. The molecule has 2 heteroatoms. The predicted octanol–water partition coefficient (Wildman–Crippen LogP) is 5.68. The van der Waals surface area contributed by atoms with Gasteiger partial charge in [0, 0.05) is 10.9 Å². The average Bonchev–Trinajstić information content (AvgIpc) is 3.11. The maximum atomic E-state index is 14.4. The van der Waals surface area contributed by atoms with E-state index >= 15 is 0 Å². The molecule has 0 fully saturated rings. The van der Waals surface area contributed by atoms with Gasteiger partial charge in [0.05, 0.1) is 11.2 Å². The van der Waals surface area contributed by atoms with Crippen LogP contribution in [0.3, 0.4) is 0 Å². The van der Waals surface area contributed by atoms with Crippen molar-refractivity contribution in [3.8, 4) is 11.3 Å². The number of hydrogen-bond donors (Lipinski definition) is 0. The normalized spacial score (nSPS) is 13.5. The summed E-state index contributed by atoms with van der Waals surface area (Å²) in [6, 6.07) is 19.6. The highest BCUT2D eigenvalue weighted by Gasteiger charge is 2.23. The molecule has 3 aromatic carbocycles. The van der Waals surface area contributed by atoms with E-state index in [2.05, 4.69) is 36.4 Å². The summed E-state index contributed by atoms with van der Waals surface area (Å²) in [5.74, 6) is -0.195. The van der Waals surface area contributed by atoms with Crippen LogP contribution >= 0.6 is 0 Å². The molecule has 0 saturated heterocycles. The molecule has 116 valence electrons. The van der Waals surface area contributed by atoms with Gasteiger partial charge in [0.2, 0.25) is 0 Å². The van der Waals surface area contributed by atoms with E-state index in [0.29, 0.717) is 5.56 Å². The molecule has 4 aromatic rings. The minimum Gasteiger partial charge on any atom is -0.247 e. The Bertz CT molecular complexity index is 1100. The highest BCUT2D eigenvalue weighted by Crippen LogP contribution is 2.39. The molecule has 1 aromatic heterocycles. The van der Waals surface area contributed by atoms with Gasteiger partial charge in [0.15, 0.2) is 0 Å². The van der Waals surface area contributed by atoms with Gasteiger partial charge in [-0.25, -0.2) is 9.37 Å². The van der Waals surface area contributed by atoms with Gasteiger partial charge < -0.3 is 0 Å². The van der Waals surface area contributed by atoms with Crippen molar-refractivity contribution in [2.45, 2.75) is 19.3 Å². The number of pyridine rings is 1. The second-order valence-corrected chi connectivity index (χ2v) is 6.43. The Morgan fingerprint density at radius 3 is 2.50 bits per heavy atom. The van der Waals surface area contributed by atoms with Crippen molar-refractivity contribution >= 4 is 21.7 Å². The smallest absolute Gasteiger partial charge is 0.132 e. The summed E-state index contributed by atoms with van der Waals surface area (Å²) in [5, 5.41) is 3.74. The molecule has 0 spiro atoms. The average molecular weight is 313 g/mol. The van der Waals surface area contributed by atoms with Crippen molar-refractivity contribution in [3.63, 3.8) is 0 Å². The molecular formula is C22H16FN. The first-order chi connectivity index (χ1) is 11.8. The molecule has 0 saturated carbocycles. The Labute approximate surface area is 139 Å². The molecule has 0 bridgehead atoms. The Morgan fingerprint density at radius 2 is 1.58 bits per heavy atom. The standard InChI is InChI=1S/C22H16FN/c23-19-11-4-3-8-18(19)22-17-10-5-9-16(17)21-15-7-2-1-6-14(15)12-13-20(21)24-22/h1-4,6-8,11-13H,5,9-10H2. The minimum atomic E-state index is -0.195. The fourth-order valence-corrected chi connectivity index (χ4v) is 4.02. The topological polar surface area (TPSA) is 12.9 Å². The van der Waals surface area contributed by atoms with Crippen LogP contribution in [0, 0.1) is 5.82 Å². The Morgan fingerprint density at radius 1 is 0.792 bits per heavy atom. The van der Waals surface area contributed by atoms with Crippen LogP contribution in [0.2, 0.25) is 0 Å². The lowest BCUT2D eigenvalue weighted by Gasteiger charge is -2.14. The van der Waals surface area contributed by atoms with E-state index in [0.717, 1.165) is 30.5 Å². The van der Waals surface area contributed by atoms with Crippen molar-refractivity contribution in [2.75, 3.05) is 0 Å². The number of nitrogens with zero attached hydrogens (tertiary/aromatic N) is 1. The molecule has 24 heavy (non-hydrogen) atoms. The summed E-state index contributed by atoms with van der Waals surface area (Å²) in [5.41, 5.74) is 4.99. The van der Waals surface area contributed by atoms with Gasteiger partial charge in [0.25, 0.3) is 0 Å². The molecule has 1 nitrogen and oxygen atoms in total. The van der Waals surface area contributed by atoms with Crippen LogP contribution in [0.25, 0.3) is 32.9 Å². The van der Waals surface area contributed by atoms with Gasteiger partial charge in [-0.3, -0.25) is 0 Å². The molecule has 1 heterocycles. The summed E-state index contributed by atoms with van der Waals surface area (Å²) in [6.45, 7) is 0. The van der Waals surface area contributed by atoms with Crippen molar-refractivity contribution in [3.05, 3.63) is 77.6 Å². The van der Waals surface area contributed by atoms with Crippen molar-refractivity contribution in [1.82, 2.24) is 4.98 Å². The summed E-state index contributed by atoms with van der Waals surface area (Å²) >= 11 is 0. The van der Waals surface area contributed by atoms with Gasteiger partial charge in [-0.2, -0.15) is 0 Å². The van der Waals surface area contributed by atoms with Crippen LogP contribution in [-0.2, 0) is 12.8 Å². The Hall–Kier alpha value is -2.74. The number of halogens is 1. The second-order valence-electron chi connectivity index (χ2n) is 6.43. The Balaban J connectivity index is 1.93. The van der Waals surface area contributed by atoms with Crippen LogP contribution in [0.4, 0.5) is 4.39 Å². The molecule has 0 atom stereocenters. The van der Waals surface area contributed by atoms with Crippen molar-refractivity contribution < 1.29 is 4.39 Å². The molecule has 0 amide bonds. The zero-order valence-electron chi connectivity index (χ0n) is 13.2. The molecule has 5 rings (SSSR count). The largest absolute Gasteiger partial charge is 0.247 e. The predicted molar refractivity (Wildman–Crippen MR) is 96.7 cm³/mol. The first kappa shape index (κ1) is 13.7. The van der Waals surface area contributed by atoms with E-state index in [1.807, 2.05) is 12.1 Å². The van der Waals surface area contributed by atoms with Gasteiger partial charge in [-0.1, -0.05) is 42.5 Å². The van der Waals surface area contributed by atoms with E-state index in [4.69, 9.17) is 4.98 Å². The molecule has 1 aliphatic carbocycles. The molecule has 0 radical (unpaired) electrons. The molecule has 0 N–H and O–H groups in total. The fourth-order valence-electron chi connectivity index (χ4n) is 4.02. The summed E-state index contributed by atoms with van der Waals surface area (Å²) in [6.07, 6.45) is 3.13. The zero-order valence-corrected chi connectivity index (χ0v) is 13.2. The second kappa shape index (κ2) is 5.13. The van der Waals surface area contributed by atoms with Crippen molar-refractivity contribution in [2.24, 2.45) is 0 Å². The first-order valence-corrected chi connectivity index (χ1v) is 8.41. The monoisotopic (exact) mass is 313 g/mol. The maximum absolute atomic E-state index is 14.4. The number of hydrogen-bond acceptors (Lipinski definition) is 1. The van der Waals surface area contributed by atoms with Gasteiger partial charge in [-0.15, -0.1) is 0 Å². The minimum absolute atomic E-state index is 0.195. The Kier molecular flexibility index (Phi) is 2.93. The summed E-state index contributed by atoms with van der Waals surface area (Å²) in [4.78, 5) is 4.89. The van der Waals surface area contributed by atoms with Crippen molar-refractivity contribution in [1.29, 1.82) is 0 Å². The van der Waals surface area contributed by atoms with Gasteiger partial charge in [-0.05, 0) is 59.4 Å². The fraction of sp³-hybridized carbons (Fsp3) is 0.136. The molecule has 0 aliphatic heterocycles. The lowest BCUT2D eigenvalue weighted by atomic mass is 9.95. The summed E-state index contributed by atoms with van der Waals surface area (Å²) < 4.78 is 14.4. The third-order valence-corrected chi connectivity index (χ3v) is 5.07. The van der Waals surface area contributed by atoms with Gasteiger partial charge in [0.1, 0.15) is 5.82 Å². The van der Waals surface area contributed by atoms with E-state index in [1.165, 1.54) is 33.4 Å². The number of benzene rings is 3. The molecule has 0 unspecified atom stereocenters. The molecule has 1 aliphatic rings. The number of rotatable bonds is 1. The SMILES string of the molecule is Fc1ccccc1-c1nc2ccc3ccccc3c2c2c1CCC2. The summed E-state index contributed by atoms with van der Waals surface area (Å²) in [7, 11) is 0. The van der Waals surface area contributed by atoms with E-state index in [9.17, 15) is 4.39 Å². The van der Waals surface area contributed by atoms with Gasteiger partial charge >= 0.3 is 0 Å². The van der Waals surface area contributed by atoms with Crippen LogP contribution in [0.15, 0.2) is 60.7 Å².